The molecule has 3 N–H and O–H groups in total. The molecule has 4 aromatic rings. The Morgan fingerprint density at radius 2 is 1.69 bits per heavy atom. The molecule has 0 bridgehead atoms. The molecule has 0 unspecified atom stereocenters. The van der Waals surface area contributed by atoms with Crippen molar-refractivity contribution in [2.45, 2.75) is 20.3 Å². The molecule has 0 fully saturated rings. The van der Waals surface area contributed by atoms with E-state index in [1.54, 1.807) is 26.2 Å². The lowest BCUT2D eigenvalue weighted by molar-refractivity contribution is -0.148. The lowest BCUT2D eigenvalue weighted by Gasteiger charge is -2.19. The summed E-state index contributed by atoms with van der Waals surface area (Å²) in [4.78, 5) is 23.7. The number of aromatic nitrogens is 3. The molecule has 0 amide bonds. The number of benzene rings is 2. The van der Waals surface area contributed by atoms with E-state index < -0.39 is 11.4 Å². The van der Waals surface area contributed by atoms with Crippen LogP contribution in [0.2, 0.25) is 0 Å². The topological polar surface area (TPSA) is 118 Å². The predicted molar refractivity (Wildman–Crippen MR) is 137 cm³/mol. The van der Waals surface area contributed by atoms with Gasteiger partial charge in [-0.2, -0.15) is 0 Å². The molecule has 4 rings (SSSR count). The standard InChI is InChI=1S/C28H29N3O5/c1-28(2,27(33)34)18-36-21-11-8-19(9-12-21)23-13-10-20(16-29-23)26-30-17-24(31-26)22-6-3-4-7-25(22)35-15-5-14-32/h3-4,6-13,16-17,32H,5,14-15,18H2,1-2H3,(H,30,31)(H,33,34). The Hall–Kier alpha value is -4.17. The number of rotatable bonds is 11. The van der Waals surface area contributed by atoms with Crippen LogP contribution in [0.15, 0.2) is 73.1 Å². The van der Waals surface area contributed by atoms with Crippen LogP contribution < -0.4 is 9.47 Å². The van der Waals surface area contributed by atoms with Crippen molar-refractivity contribution in [3.8, 4) is 45.4 Å². The first-order valence-corrected chi connectivity index (χ1v) is 11.7. The van der Waals surface area contributed by atoms with Gasteiger partial charge in [-0.25, -0.2) is 4.98 Å². The molecule has 0 atom stereocenters. The van der Waals surface area contributed by atoms with Gasteiger partial charge in [0, 0.05) is 35.9 Å². The Morgan fingerprint density at radius 1 is 0.944 bits per heavy atom. The van der Waals surface area contributed by atoms with Gasteiger partial charge in [-0.1, -0.05) is 12.1 Å². The number of carboxylic acids is 1. The number of hydrogen-bond acceptors (Lipinski definition) is 6. The number of aliphatic carboxylic acids is 1. The fourth-order valence-electron chi connectivity index (χ4n) is 3.42. The first-order chi connectivity index (χ1) is 17.4. The fraction of sp³-hybridized carbons (Fsp3) is 0.250. The number of carbonyl (C=O) groups is 1. The number of carboxylic acid groups (broad SMARTS) is 1. The molecule has 0 saturated carbocycles. The van der Waals surface area contributed by atoms with Crippen molar-refractivity contribution < 1.29 is 24.5 Å². The number of hydrogen-bond donors (Lipinski definition) is 3. The van der Waals surface area contributed by atoms with E-state index in [2.05, 4.69) is 15.0 Å². The summed E-state index contributed by atoms with van der Waals surface area (Å²) in [5, 5.41) is 18.2. The van der Waals surface area contributed by atoms with Gasteiger partial charge < -0.3 is 24.7 Å². The second kappa shape index (κ2) is 11.0. The van der Waals surface area contributed by atoms with Crippen molar-refractivity contribution in [1.29, 1.82) is 0 Å². The number of aromatic amines is 1. The van der Waals surface area contributed by atoms with Gasteiger partial charge in [0.15, 0.2) is 0 Å². The van der Waals surface area contributed by atoms with Crippen LogP contribution in [-0.4, -0.2) is 51.0 Å². The number of H-pyrrole nitrogens is 1. The smallest absolute Gasteiger partial charge is 0.312 e. The van der Waals surface area contributed by atoms with Crippen LogP contribution >= 0.6 is 0 Å². The molecule has 2 aromatic heterocycles. The Labute approximate surface area is 209 Å². The van der Waals surface area contributed by atoms with Crippen LogP contribution in [0.3, 0.4) is 0 Å². The van der Waals surface area contributed by atoms with Crippen LogP contribution in [0.5, 0.6) is 11.5 Å². The van der Waals surface area contributed by atoms with E-state index in [0.29, 0.717) is 24.6 Å². The van der Waals surface area contributed by atoms with E-state index in [-0.39, 0.29) is 13.2 Å². The molecular formula is C28H29N3O5. The highest BCUT2D eigenvalue weighted by Crippen LogP contribution is 2.31. The number of nitrogens with one attached hydrogen (secondary N) is 1. The Bertz CT molecular complexity index is 1300. The first-order valence-electron chi connectivity index (χ1n) is 11.7. The van der Waals surface area contributed by atoms with Crippen LogP contribution in [0.25, 0.3) is 33.9 Å². The SMILES string of the molecule is CC(C)(COc1ccc(-c2ccc(-c3ncc(-c4ccccc4OCCCO)[nH]3)cn2)cc1)C(=O)O. The van der Waals surface area contributed by atoms with Gasteiger partial charge in [0.2, 0.25) is 0 Å². The van der Waals surface area contributed by atoms with Crippen molar-refractivity contribution in [3.05, 3.63) is 73.1 Å². The molecule has 0 aliphatic heterocycles. The van der Waals surface area contributed by atoms with Crippen LogP contribution in [0, 0.1) is 5.41 Å². The molecular weight excluding hydrogens is 458 g/mol. The van der Waals surface area contributed by atoms with Crippen LogP contribution in [0.1, 0.15) is 20.3 Å². The summed E-state index contributed by atoms with van der Waals surface area (Å²) >= 11 is 0. The second-order valence-corrected chi connectivity index (χ2v) is 9.00. The van der Waals surface area contributed by atoms with Crippen LogP contribution in [0.4, 0.5) is 0 Å². The Balaban J connectivity index is 1.45. The van der Waals surface area contributed by atoms with E-state index in [9.17, 15) is 9.90 Å². The summed E-state index contributed by atoms with van der Waals surface area (Å²) < 4.78 is 11.4. The highest BCUT2D eigenvalue weighted by atomic mass is 16.5. The molecule has 0 radical (unpaired) electrons. The highest BCUT2D eigenvalue weighted by Gasteiger charge is 2.28. The predicted octanol–water partition coefficient (Wildman–Crippen LogP) is 5.06. The largest absolute Gasteiger partial charge is 0.493 e. The lowest BCUT2D eigenvalue weighted by atomic mass is 9.95. The maximum atomic E-state index is 11.2. The molecule has 0 spiro atoms. The number of aliphatic hydroxyl groups is 1. The molecule has 36 heavy (non-hydrogen) atoms. The average Bonchev–Trinajstić information content (AvgIpc) is 3.38. The zero-order chi connectivity index (χ0) is 25.5. The molecule has 2 heterocycles. The first kappa shape index (κ1) is 24.9. The third-order valence-corrected chi connectivity index (χ3v) is 5.68. The van der Waals surface area contributed by atoms with Gasteiger partial charge in [0.1, 0.15) is 23.9 Å². The third kappa shape index (κ3) is 5.90. The maximum Gasteiger partial charge on any atom is 0.312 e. The fourth-order valence-corrected chi connectivity index (χ4v) is 3.42. The lowest BCUT2D eigenvalue weighted by Crippen LogP contribution is -2.30. The van der Waals surface area contributed by atoms with Crippen molar-refractivity contribution in [1.82, 2.24) is 15.0 Å². The third-order valence-electron chi connectivity index (χ3n) is 5.68. The van der Waals surface area contributed by atoms with E-state index in [1.165, 1.54) is 0 Å². The van der Waals surface area contributed by atoms with Gasteiger partial charge in [-0.15, -0.1) is 0 Å². The normalized spacial score (nSPS) is 11.3. The quantitative estimate of drug-likeness (QED) is 0.253. The van der Waals surface area contributed by atoms with Crippen molar-refractivity contribution in [2.24, 2.45) is 5.41 Å². The highest BCUT2D eigenvalue weighted by molar-refractivity contribution is 5.74. The minimum absolute atomic E-state index is 0.0824. The zero-order valence-corrected chi connectivity index (χ0v) is 20.3. The number of pyridine rings is 1. The molecule has 2 aromatic carbocycles. The Morgan fingerprint density at radius 3 is 2.39 bits per heavy atom. The minimum atomic E-state index is -0.962. The molecule has 0 saturated heterocycles. The van der Waals surface area contributed by atoms with Gasteiger partial charge in [-0.3, -0.25) is 9.78 Å². The van der Waals surface area contributed by atoms with Gasteiger partial charge in [0.05, 0.1) is 29.6 Å². The van der Waals surface area contributed by atoms with E-state index in [1.807, 2.05) is 60.7 Å². The number of para-hydroxylation sites is 1. The van der Waals surface area contributed by atoms with Gasteiger partial charge >= 0.3 is 5.97 Å². The molecule has 186 valence electrons. The number of aliphatic hydroxyl groups excluding tert-OH is 1. The van der Waals surface area contributed by atoms with E-state index in [4.69, 9.17) is 14.6 Å². The number of imidazole rings is 1. The Kier molecular flexibility index (Phi) is 7.65. The maximum absolute atomic E-state index is 11.2. The minimum Gasteiger partial charge on any atom is -0.493 e. The van der Waals surface area contributed by atoms with Crippen LogP contribution in [-0.2, 0) is 4.79 Å². The monoisotopic (exact) mass is 487 g/mol. The summed E-state index contributed by atoms with van der Waals surface area (Å²) in [6.07, 6.45) is 4.10. The summed E-state index contributed by atoms with van der Waals surface area (Å²) in [6.45, 7) is 3.86. The molecule has 8 nitrogen and oxygen atoms in total. The van der Waals surface area contributed by atoms with E-state index in [0.717, 1.165) is 33.8 Å². The second-order valence-electron chi connectivity index (χ2n) is 9.00. The summed E-state index contributed by atoms with van der Waals surface area (Å²) in [5.41, 5.74) is 3.32. The summed E-state index contributed by atoms with van der Waals surface area (Å²) in [5.74, 6) is 1.13. The van der Waals surface area contributed by atoms with Gasteiger partial charge in [0.25, 0.3) is 0 Å². The molecule has 0 aliphatic carbocycles. The van der Waals surface area contributed by atoms with Crippen molar-refractivity contribution in [3.63, 3.8) is 0 Å². The zero-order valence-electron chi connectivity index (χ0n) is 20.3. The molecule has 0 aliphatic rings. The van der Waals surface area contributed by atoms with Crippen molar-refractivity contribution >= 4 is 5.97 Å². The van der Waals surface area contributed by atoms with Gasteiger partial charge in [-0.05, 0) is 62.4 Å². The number of ether oxygens (including phenoxy) is 2. The average molecular weight is 488 g/mol. The summed E-state index contributed by atoms with van der Waals surface area (Å²) in [7, 11) is 0. The van der Waals surface area contributed by atoms with E-state index >= 15 is 0 Å². The number of nitrogens with zero attached hydrogens (tertiary/aromatic N) is 2. The summed E-state index contributed by atoms with van der Waals surface area (Å²) in [6, 6.07) is 19.0. The van der Waals surface area contributed by atoms with Crippen molar-refractivity contribution in [2.75, 3.05) is 19.8 Å². The molecule has 8 heteroatoms.